The molecule has 4 heteroatoms. The van der Waals surface area contributed by atoms with Gasteiger partial charge in [0, 0.05) is 11.6 Å². The van der Waals surface area contributed by atoms with E-state index in [2.05, 4.69) is 27.4 Å². The van der Waals surface area contributed by atoms with Crippen LogP contribution in [0.3, 0.4) is 0 Å². The molecule has 0 saturated heterocycles. The second-order valence-electron chi connectivity index (χ2n) is 9.09. The Labute approximate surface area is 156 Å². The van der Waals surface area contributed by atoms with Crippen LogP contribution in [0.2, 0.25) is 0 Å². The largest absolute Gasteiger partial charge is 0.504 e. The van der Waals surface area contributed by atoms with Crippen molar-refractivity contribution in [2.24, 2.45) is 22.7 Å². The summed E-state index contributed by atoms with van der Waals surface area (Å²) in [7, 11) is 1.37. The van der Waals surface area contributed by atoms with Crippen LogP contribution in [0.15, 0.2) is 35.3 Å². The van der Waals surface area contributed by atoms with Crippen molar-refractivity contribution >= 4 is 11.6 Å². The molecular weight excluding hydrogens is 328 g/mol. The third-order valence-corrected chi connectivity index (χ3v) is 7.23. The molecule has 0 bridgehead atoms. The Kier molecular flexibility index (Phi) is 4.66. The highest BCUT2D eigenvalue weighted by molar-refractivity contribution is 6.20. The van der Waals surface area contributed by atoms with E-state index in [0.717, 1.165) is 37.3 Å². The summed E-state index contributed by atoms with van der Waals surface area (Å²) in [6.07, 6.45) is 6.97. The molecule has 3 aliphatic carbocycles. The lowest BCUT2D eigenvalue weighted by Crippen LogP contribution is -2.49. The fraction of sp³-hybridized carbons (Fsp3) is 0.636. The van der Waals surface area contributed by atoms with E-state index in [1.165, 1.54) is 13.5 Å². The molecule has 0 radical (unpaired) electrons. The topological polar surface area (TPSA) is 63.6 Å². The highest BCUT2D eigenvalue weighted by atomic mass is 16.5. The fourth-order valence-corrected chi connectivity index (χ4v) is 5.85. The number of carbonyl (C=O) groups is 2. The van der Waals surface area contributed by atoms with E-state index in [1.807, 2.05) is 0 Å². The van der Waals surface area contributed by atoms with Crippen LogP contribution in [0.4, 0.5) is 0 Å². The summed E-state index contributed by atoms with van der Waals surface area (Å²) >= 11 is 0. The highest BCUT2D eigenvalue weighted by Crippen LogP contribution is 2.62. The van der Waals surface area contributed by atoms with Crippen LogP contribution >= 0.6 is 0 Å². The van der Waals surface area contributed by atoms with Crippen molar-refractivity contribution in [2.75, 3.05) is 7.11 Å². The molecule has 26 heavy (non-hydrogen) atoms. The number of aliphatic hydroxyl groups is 1. The number of Topliss-reactive ketones (excluding diaryl/α,β-unsaturated/α-hetero) is 1. The lowest BCUT2D eigenvalue weighted by molar-refractivity contribution is -0.120. The van der Waals surface area contributed by atoms with Gasteiger partial charge < -0.3 is 9.84 Å². The molecule has 0 spiro atoms. The van der Waals surface area contributed by atoms with Gasteiger partial charge in [0.1, 0.15) is 0 Å². The van der Waals surface area contributed by atoms with Crippen LogP contribution in [-0.4, -0.2) is 23.8 Å². The average Bonchev–Trinajstić information content (AvgIpc) is 2.56. The molecule has 0 aromatic carbocycles. The third kappa shape index (κ3) is 2.83. The molecule has 3 atom stereocenters. The number of ketones is 2. The molecular formula is C22H30O4. The van der Waals surface area contributed by atoms with Crippen LogP contribution < -0.4 is 0 Å². The molecule has 4 nitrogen and oxygen atoms in total. The van der Waals surface area contributed by atoms with Crippen LogP contribution in [-0.2, 0) is 14.3 Å². The summed E-state index contributed by atoms with van der Waals surface area (Å²) in [6, 6.07) is 0. The second-order valence-corrected chi connectivity index (χ2v) is 9.09. The Hall–Kier alpha value is -1.84. The van der Waals surface area contributed by atoms with Crippen molar-refractivity contribution in [3.63, 3.8) is 0 Å². The number of hydrogen-bond donors (Lipinski definition) is 1. The normalized spacial score (nSPS) is 34.5. The average molecular weight is 358 g/mol. The predicted octanol–water partition coefficient (Wildman–Crippen LogP) is 4.67. The van der Waals surface area contributed by atoms with Crippen molar-refractivity contribution in [1.82, 2.24) is 0 Å². The van der Waals surface area contributed by atoms with Crippen molar-refractivity contribution in [1.29, 1.82) is 0 Å². The number of hydrogen-bond acceptors (Lipinski definition) is 4. The molecule has 2 fully saturated rings. The van der Waals surface area contributed by atoms with Crippen LogP contribution in [0.1, 0.15) is 59.3 Å². The summed E-state index contributed by atoms with van der Waals surface area (Å²) in [6.45, 7) is 11.3. The highest BCUT2D eigenvalue weighted by Gasteiger charge is 2.53. The summed E-state index contributed by atoms with van der Waals surface area (Å²) < 4.78 is 5.06. The van der Waals surface area contributed by atoms with Crippen LogP contribution in [0, 0.1) is 22.7 Å². The third-order valence-electron chi connectivity index (χ3n) is 7.23. The van der Waals surface area contributed by atoms with Crippen LogP contribution in [0.5, 0.6) is 0 Å². The molecule has 3 aliphatic rings. The van der Waals surface area contributed by atoms with E-state index >= 15 is 0 Å². The van der Waals surface area contributed by atoms with Gasteiger partial charge in [0.05, 0.1) is 7.11 Å². The fourth-order valence-electron chi connectivity index (χ4n) is 5.85. The first-order valence-corrected chi connectivity index (χ1v) is 9.56. The Bertz CT molecular complexity index is 724. The second kappa shape index (κ2) is 6.40. The van der Waals surface area contributed by atoms with Crippen molar-refractivity contribution in [3.8, 4) is 0 Å². The van der Waals surface area contributed by atoms with E-state index in [4.69, 9.17) is 4.74 Å². The quantitative estimate of drug-likeness (QED) is 0.588. The minimum Gasteiger partial charge on any atom is -0.504 e. The van der Waals surface area contributed by atoms with Crippen molar-refractivity contribution < 1.29 is 19.4 Å². The molecule has 0 heterocycles. The number of fused-ring (bicyclic) bond motifs is 1. The first-order valence-electron chi connectivity index (χ1n) is 9.56. The van der Waals surface area contributed by atoms with Gasteiger partial charge in [-0.05, 0) is 54.8 Å². The maximum absolute atomic E-state index is 12.7. The van der Waals surface area contributed by atoms with Gasteiger partial charge in [-0.1, -0.05) is 39.3 Å². The summed E-state index contributed by atoms with van der Waals surface area (Å²) in [5, 5.41) is 10.3. The number of allylic oxidation sites excluding steroid dienone is 3. The number of aliphatic hydroxyl groups excluding tert-OH is 1. The Morgan fingerprint density at radius 1 is 1.27 bits per heavy atom. The Morgan fingerprint density at radius 2 is 1.96 bits per heavy atom. The molecule has 0 aliphatic heterocycles. The van der Waals surface area contributed by atoms with Gasteiger partial charge in [0.25, 0.3) is 0 Å². The van der Waals surface area contributed by atoms with Gasteiger partial charge in [0.15, 0.2) is 11.5 Å². The van der Waals surface area contributed by atoms with Gasteiger partial charge in [-0.25, -0.2) is 0 Å². The van der Waals surface area contributed by atoms with E-state index in [1.54, 1.807) is 0 Å². The smallest absolute Gasteiger partial charge is 0.227 e. The van der Waals surface area contributed by atoms with Gasteiger partial charge in [-0.15, -0.1) is 0 Å². The maximum Gasteiger partial charge on any atom is 0.227 e. The molecule has 0 amide bonds. The SMILES string of the molecule is C=C1CC[C@H]2C(C)(C)CCC[C@]2(C)[C@H]1CC1=C(O)C(=O)C=C(OC)C1=O. The maximum atomic E-state index is 12.7. The van der Waals surface area contributed by atoms with E-state index in [9.17, 15) is 14.7 Å². The molecule has 142 valence electrons. The lowest BCUT2D eigenvalue weighted by atomic mass is 9.47. The van der Waals surface area contributed by atoms with Gasteiger partial charge in [-0.3, -0.25) is 9.59 Å². The molecule has 0 aromatic rings. The zero-order chi connectivity index (χ0) is 19.3. The molecule has 2 saturated carbocycles. The molecule has 1 N–H and O–H groups in total. The van der Waals surface area contributed by atoms with Crippen molar-refractivity contribution in [3.05, 3.63) is 35.3 Å². The van der Waals surface area contributed by atoms with Crippen LogP contribution in [0.25, 0.3) is 0 Å². The summed E-state index contributed by atoms with van der Waals surface area (Å²) in [4.78, 5) is 24.8. The van der Waals surface area contributed by atoms with Crippen molar-refractivity contribution in [2.45, 2.75) is 59.3 Å². The zero-order valence-electron chi connectivity index (χ0n) is 16.4. The predicted molar refractivity (Wildman–Crippen MR) is 100 cm³/mol. The zero-order valence-corrected chi connectivity index (χ0v) is 16.4. The minimum absolute atomic E-state index is 0.00917. The van der Waals surface area contributed by atoms with E-state index in [-0.39, 0.29) is 33.9 Å². The van der Waals surface area contributed by atoms with Gasteiger partial charge in [0.2, 0.25) is 11.6 Å². The minimum atomic E-state index is -0.552. The number of rotatable bonds is 3. The first-order chi connectivity index (χ1) is 12.1. The Balaban J connectivity index is 1.97. The standard InChI is InChI=1S/C22H30O4/c1-13-7-8-18-21(2,3)9-6-10-22(18,4)15(13)11-14-19(24)16(23)12-17(26-5)20(14)25/h12,15,18,24H,1,6-11H2,2-5H3/t15-,18-,22+/m0/s1. The Morgan fingerprint density at radius 3 is 2.62 bits per heavy atom. The number of carbonyl (C=O) groups excluding carboxylic acids is 2. The first kappa shape index (κ1) is 18.9. The number of methoxy groups -OCH3 is 1. The summed E-state index contributed by atoms with van der Waals surface area (Å²) in [5.41, 5.74) is 1.61. The molecule has 0 aromatic heterocycles. The summed E-state index contributed by atoms with van der Waals surface area (Å²) in [5.74, 6) is -0.708. The molecule has 0 unspecified atom stereocenters. The molecule has 3 rings (SSSR count). The van der Waals surface area contributed by atoms with Gasteiger partial charge >= 0.3 is 0 Å². The lowest BCUT2D eigenvalue weighted by Gasteiger charge is -2.58. The van der Waals surface area contributed by atoms with E-state index < -0.39 is 11.5 Å². The number of ether oxygens (including phenoxy) is 1. The van der Waals surface area contributed by atoms with Gasteiger partial charge in [-0.2, -0.15) is 0 Å². The monoisotopic (exact) mass is 358 g/mol. The van der Waals surface area contributed by atoms with E-state index in [0.29, 0.717) is 12.3 Å².